The van der Waals surface area contributed by atoms with E-state index in [1.165, 1.54) is 5.56 Å². The van der Waals surface area contributed by atoms with E-state index in [2.05, 4.69) is 57.0 Å². The van der Waals surface area contributed by atoms with Crippen molar-refractivity contribution in [1.29, 1.82) is 0 Å². The Morgan fingerprint density at radius 3 is 2.48 bits per heavy atom. The average Bonchev–Trinajstić information content (AvgIpc) is 2.55. The zero-order valence-electron chi connectivity index (χ0n) is 14.2. The number of rotatable bonds is 7. The maximum absolute atomic E-state index is 5.82. The van der Waals surface area contributed by atoms with Crippen LogP contribution in [0.15, 0.2) is 47.5 Å². The molecule has 0 amide bonds. The van der Waals surface area contributed by atoms with Crippen LogP contribution in [-0.4, -0.2) is 61.6 Å². The molecule has 0 unspecified atom stereocenters. The molecule has 2 rings (SSSR count). The molecular formula is C18H29N5. The van der Waals surface area contributed by atoms with Gasteiger partial charge in [-0.1, -0.05) is 42.5 Å². The lowest BCUT2D eigenvalue weighted by Gasteiger charge is -2.34. The molecule has 1 aliphatic heterocycles. The Balaban J connectivity index is 1.61. The molecule has 0 aliphatic carbocycles. The minimum Gasteiger partial charge on any atom is -0.370 e. The van der Waals surface area contributed by atoms with Crippen LogP contribution in [0, 0.1) is 0 Å². The molecule has 1 heterocycles. The Labute approximate surface area is 139 Å². The highest BCUT2D eigenvalue weighted by molar-refractivity contribution is 5.77. The maximum Gasteiger partial charge on any atom is 0.188 e. The molecule has 5 nitrogen and oxygen atoms in total. The van der Waals surface area contributed by atoms with Crippen LogP contribution in [0.1, 0.15) is 12.5 Å². The molecule has 1 aromatic rings. The summed E-state index contributed by atoms with van der Waals surface area (Å²) in [4.78, 5) is 9.21. The highest BCUT2D eigenvalue weighted by Crippen LogP contribution is 2.07. The number of piperazine rings is 1. The normalized spacial score (nSPS) is 17.2. The zero-order chi connectivity index (χ0) is 16.5. The molecule has 0 spiro atoms. The van der Waals surface area contributed by atoms with Crippen molar-refractivity contribution in [2.75, 3.05) is 45.8 Å². The summed E-state index contributed by atoms with van der Waals surface area (Å²) in [6, 6.07) is 10.7. The second kappa shape index (κ2) is 9.33. The Bertz CT molecular complexity index is 503. The Morgan fingerprint density at radius 2 is 1.83 bits per heavy atom. The highest BCUT2D eigenvalue weighted by atomic mass is 15.3. The van der Waals surface area contributed by atoms with Gasteiger partial charge in [0.05, 0.1) is 6.54 Å². The van der Waals surface area contributed by atoms with Crippen LogP contribution >= 0.6 is 0 Å². The first-order chi connectivity index (χ1) is 11.1. The van der Waals surface area contributed by atoms with Crippen molar-refractivity contribution in [2.45, 2.75) is 13.5 Å². The largest absolute Gasteiger partial charge is 0.370 e. The molecule has 5 heteroatoms. The summed E-state index contributed by atoms with van der Waals surface area (Å²) in [6.45, 7) is 13.7. The summed E-state index contributed by atoms with van der Waals surface area (Å²) in [5.41, 5.74) is 8.23. The molecule has 0 saturated carbocycles. The van der Waals surface area contributed by atoms with Crippen molar-refractivity contribution in [3.63, 3.8) is 0 Å². The van der Waals surface area contributed by atoms with Crippen molar-refractivity contribution >= 4 is 5.96 Å². The molecule has 0 aromatic heterocycles. The summed E-state index contributed by atoms with van der Waals surface area (Å²) in [6.07, 6.45) is 0. The lowest BCUT2D eigenvalue weighted by Crippen LogP contribution is -2.48. The Kier molecular flexibility index (Phi) is 7.10. The lowest BCUT2D eigenvalue weighted by atomic mass is 10.2. The molecule has 126 valence electrons. The number of nitrogens with two attached hydrogens (primary N) is 1. The van der Waals surface area contributed by atoms with Gasteiger partial charge in [-0.2, -0.15) is 0 Å². The summed E-state index contributed by atoms with van der Waals surface area (Å²) >= 11 is 0. The third-order valence-corrected chi connectivity index (χ3v) is 3.97. The molecular weight excluding hydrogens is 286 g/mol. The van der Waals surface area contributed by atoms with Gasteiger partial charge in [-0.05, 0) is 12.5 Å². The number of benzene rings is 1. The second-order valence-electron chi connectivity index (χ2n) is 6.19. The minimum atomic E-state index is 0.510. The van der Waals surface area contributed by atoms with Gasteiger partial charge in [-0.3, -0.25) is 9.80 Å². The summed E-state index contributed by atoms with van der Waals surface area (Å²) in [5, 5.41) is 3.17. The van der Waals surface area contributed by atoms with E-state index in [-0.39, 0.29) is 0 Å². The van der Waals surface area contributed by atoms with E-state index in [1.54, 1.807) is 0 Å². The van der Waals surface area contributed by atoms with Crippen LogP contribution in [-0.2, 0) is 6.54 Å². The fourth-order valence-electron chi connectivity index (χ4n) is 2.63. The summed E-state index contributed by atoms with van der Waals surface area (Å²) < 4.78 is 0. The van der Waals surface area contributed by atoms with Gasteiger partial charge in [0.25, 0.3) is 0 Å². The third kappa shape index (κ3) is 6.84. The van der Waals surface area contributed by atoms with Crippen LogP contribution in [0.25, 0.3) is 0 Å². The molecule has 0 radical (unpaired) electrons. The van der Waals surface area contributed by atoms with Crippen molar-refractivity contribution < 1.29 is 0 Å². The van der Waals surface area contributed by atoms with Gasteiger partial charge < -0.3 is 11.1 Å². The van der Waals surface area contributed by atoms with E-state index in [9.17, 15) is 0 Å². The van der Waals surface area contributed by atoms with Crippen LogP contribution in [0.3, 0.4) is 0 Å². The third-order valence-electron chi connectivity index (χ3n) is 3.97. The number of nitrogens with one attached hydrogen (secondary N) is 1. The minimum absolute atomic E-state index is 0.510. The van der Waals surface area contributed by atoms with Crippen molar-refractivity contribution in [2.24, 2.45) is 10.7 Å². The molecule has 1 saturated heterocycles. The second-order valence-corrected chi connectivity index (χ2v) is 6.19. The SMILES string of the molecule is C=C(C)CN=C(N)NCCN1CCN(Cc2ccccc2)CC1. The highest BCUT2D eigenvalue weighted by Gasteiger charge is 2.16. The number of hydrogen-bond acceptors (Lipinski definition) is 3. The number of aliphatic imine (C=N–C) groups is 1. The Hall–Kier alpha value is -1.85. The van der Waals surface area contributed by atoms with Crippen LogP contribution in [0.2, 0.25) is 0 Å². The van der Waals surface area contributed by atoms with Gasteiger partial charge in [-0.25, -0.2) is 4.99 Å². The van der Waals surface area contributed by atoms with E-state index in [1.807, 2.05) is 6.92 Å². The smallest absolute Gasteiger partial charge is 0.188 e. The standard InChI is InChI=1S/C18H29N5/c1-16(2)14-21-18(19)20-8-9-22-10-12-23(13-11-22)15-17-6-4-3-5-7-17/h3-7H,1,8-15H2,2H3,(H3,19,20,21). The van der Waals surface area contributed by atoms with E-state index < -0.39 is 0 Å². The van der Waals surface area contributed by atoms with Crippen LogP contribution < -0.4 is 11.1 Å². The molecule has 0 atom stereocenters. The first-order valence-electron chi connectivity index (χ1n) is 8.30. The van der Waals surface area contributed by atoms with Crippen molar-refractivity contribution in [3.8, 4) is 0 Å². The number of nitrogens with zero attached hydrogens (tertiary/aromatic N) is 3. The monoisotopic (exact) mass is 315 g/mol. The zero-order valence-corrected chi connectivity index (χ0v) is 14.2. The fraction of sp³-hybridized carbons (Fsp3) is 0.500. The quantitative estimate of drug-likeness (QED) is 0.452. The van der Waals surface area contributed by atoms with E-state index in [0.29, 0.717) is 12.5 Å². The molecule has 3 N–H and O–H groups in total. The van der Waals surface area contributed by atoms with E-state index >= 15 is 0 Å². The predicted octanol–water partition coefficient (Wildman–Crippen LogP) is 1.28. The predicted molar refractivity (Wildman–Crippen MR) is 97.5 cm³/mol. The average molecular weight is 315 g/mol. The molecule has 1 aliphatic rings. The first-order valence-corrected chi connectivity index (χ1v) is 8.30. The van der Waals surface area contributed by atoms with Crippen LogP contribution in [0.4, 0.5) is 0 Å². The van der Waals surface area contributed by atoms with E-state index in [4.69, 9.17) is 5.73 Å². The maximum atomic E-state index is 5.82. The molecule has 23 heavy (non-hydrogen) atoms. The van der Waals surface area contributed by atoms with Crippen LogP contribution in [0.5, 0.6) is 0 Å². The van der Waals surface area contributed by atoms with Crippen molar-refractivity contribution in [3.05, 3.63) is 48.0 Å². The topological polar surface area (TPSA) is 56.9 Å². The van der Waals surface area contributed by atoms with Gasteiger partial charge in [0.15, 0.2) is 5.96 Å². The summed E-state index contributed by atoms with van der Waals surface area (Å²) in [5.74, 6) is 0.510. The van der Waals surface area contributed by atoms with Gasteiger partial charge in [0.2, 0.25) is 0 Å². The molecule has 1 fully saturated rings. The van der Waals surface area contributed by atoms with Gasteiger partial charge >= 0.3 is 0 Å². The number of guanidine groups is 1. The van der Waals surface area contributed by atoms with Gasteiger partial charge in [0, 0.05) is 45.8 Å². The van der Waals surface area contributed by atoms with Gasteiger partial charge in [0.1, 0.15) is 0 Å². The summed E-state index contributed by atoms with van der Waals surface area (Å²) in [7, 11) is 0. The first kappa shape index (κ1) is 17.5. The molecule has 1 aromatic carbocycles. The lowest BCUT2D eigenvalue weighted by molar-refractivity contribution is 0.129. The van der Waals surface area contributed by atoms with Gasteiger partial charge in [-0.15, -0.1) is 0 Å². The Morgan fingerprint density at radius 1 is 1.17 bits per heavy atom. The molecule has 0 bridgehead atoms. The fourth-order valence-corrected chi connectivity index (χ4v) is 2.63. The van der Waals surface area contributed by atoms with Crippen molar-refractivity contribution in [1.82, 2.24) is 15.1 Å². The number of hydrogen-bond donors (Lipinski definition) is 2. The van der Waals surface area contributed by atoms with E-state index in [0.717, 1.165) is 51.4 Å².